The van der Waals surface area contributed by atoms with Gasteiger partial charge in [-0.15, -0.1) is 21.5 Å². The normalized spacial score (nSPS) is 25.0. The molecule has 7 nitrogen and oxygen atoms in total. The maximum atomic E-state index is 5.96. The highest BCUT2D eigenvalue weighted by Gasteiger charge is 2.41. The van der Waals surface area contributed by atoms with Gasteiger partial charge in [0, 0.05) is 18.5 Å². The molecule has 3 unspecified atom stereocenters. The SMILES string of the molecule is Cc1nnc(CN=C(NCCc2cccs2)NC2CC3CCC2O3)n1C. The predicted molar refractivity (Wildman–Crippen MR) is 102 cm³/mol. The quantitative estimate of drug-likeness (QED) is 0.595. The van der Waals surface area contributed by atoms with Gasteiger partial charge in [-0.05, 0) is 44.1 Å². The van der Waals surface area contributed by atoms with Crippen LogP contribution in [0.5, 0.6) is 0 Å². The largest absolute Gasteiger partial charge is 0.373 e. The summed E-state index contributed by atoms with van der Waals surface area (Å²) in [6.45, 7) is 3.31. The Hall–Kier alpha value is -1.93. The average Bonchev–Trinajstić information content (AvgIpc) is 3.41. The van der Waals surface area contributed by atoms with Gasteiger partial charge in [-0.2, -0.15) is 0 Å². The summed E-state index contributed by atoms with van der Waals surface area (Å²) in [5, 5.41) is 17.5. The van der Waals surface area contributed by atoms with Crippen LogP contribution in [0.3, 0.4) is 0 Å². The lowest BCUT2D eigenvalue weighted by Crippen LogP contribution is -2.48. The molecule has 26 heavy (non-hydrogen) atoms. The maximum absolute atomic E-state index is 5.96. The lowest BCUT2D eigenvalue weighted by molar-refractivity contribution is 0.0992. The van der Waals surface area contributed by atoms with Crippen LogP contribution in [0.15, 0.2) is 22.5 Å². The summed E-state index contributed by atoms with van der Waals surface area (Å²) < 4.78 is 7.94. The van der Waals surface area contributed by atoms with E-state index in [1.807, 2.05) is 18.5 Å². The third kappa shape index (κ3) is 3.91. The van der Waals surface area contributed by atoms with Crippen LogP contribution in [0, 0.1) is 6.92 Å². The van der Waals surface area contributed by atoms with Crippen molar-refractivity contribution in [3.8, 4) is 0 Å². The minimum atomic E-state index is 0.321. The van der Waals surface area contributed by atoms with E-state index in [1.165, 1.54) is 11.3 Å². The van der Waals surface area contributed by atoms with Crippen LogP contribution in [0.1, 0.15) is 35.8 Å². The second-order valence-corrected chi connectivity index (χ2v) is 8.04. The highest BCUT2D eigenvalue weighted by atomic mass is 32.1. The highest BCUT2D eigenvalue weighted by molar-refractivity contribution is 7.09. The van der Waals surface area contributed by atoms with Gasteiger partial charge in [-0.3, -0.25) is 0 Å². The molecule has 2 saturated heterocycles. The minimum absolute atomic E-state index is 0.321. The van der Waals surface area contributed by atoms with Gasteiger partial charge in [0.15, 0.2) is 11.8 Å². The van der Waals surface area contributed by atoms with Crippen LogP contribution >= 0.6 is 11.3 Å². The number of aromatic nitrogens is 3. The number of hydrogen-bond acceptors (Lipinski definition) is 5. The first-order valence-corrected chi connectivity index (χ1v) is 10.1. The number of guanidine groups is 1. The van der Waals surface area contributed by atoms with Crippen molar-refractivity contribution < 1.29 is 4.74 Å². The number of hydrogen-bond donors (Lipinski definition) is 2. The molecule has 2 aromatic heterocycles. The summed E-state index contributed by atoms with van der Waals surface area (Å²) in [6.07, 6.45) is 5.15. The Morgan fingerprint density at radius 1 is 1.42 bits per heavy atom. The predicted octanol–water partition coefficient (Wildman–Crippen LogP) is 1.78. The zero-order chi connectivity index (χ0) is 17.9. The molecule has 2 aliphatic rings. The van der Waals surface area contributed by atoms with Crippen LogP contribution in [-0.4, -0.2) is 45.5 Å². The first-order chi connectivity index (χ1) is 12.7. The van der Waals surface area contributed by atoms with Gasteiger partial charge in [0.05, 0.1) is 18.2 Å². The van der Waals surface area contributed by atoms with E-state index in [-0.39, 0.29) is 0 Å². The van der Waals surface area contributed by atoms with Crippen LogP contribution in [-0.2, 0) is 24.8 Å². The molecule has 2 N–H and O–H groups in total. The van der Waals surface area contributed by atoms with Crippen LogP contribution < -0.4 is 10.6 Å². The van der Waals surface area contributed by atoms with Crippen molar-refractivity contribution in [2.45, 2.75) is 57.4 Å². The molecule has 0 aromatic carbocycles. The first kappa shape index (κ1) is 17.5. The second-order valence-electron chi connectivity index (χ2n) is 7.00. The molecule has 0 saturated carbocycles. The third-order valence-electron chi connectivity index (χ3n) is 5.23. The van der Waals surface area contributed by atoms with E-state index in [9.17, 15) is 0 Å². The van der Waals surface area contributed by atoms with Crippen LogP contribution in [0.4, 0.5) is 0 Å². The number of nitrogens with zero attached hydrogens (tertiary/aromatic N) is 4. The number of thiophene rings is 1. The van der Waals surface area contributed by atoms with E-state index in [1.54, 1.807) is 11.3 Å². The zero-order valence-corrected chi connectivity index (χ0v) is 16.1. The molecule has 0 aliphatic carbocycles. The number of rotatable bonds is 6. The molecular weight excluding hydrogens is 348 g/mol. The molecule has 2 aliphatic heterocycles. The first-order valence-electron chi connectivity index (χ1n) is 9.26. The molecule has 0 radical (unpaired) electrons. The van der Waals surface area contributed by atoms with E-state index >= 15 is 0 Å². The van der Waals surface area contributed by atoms with Gasteiger partial charge in [0.25, 0.3) is 0 Å². The summed E-state index contributed by atoms with van der Waals surface area (Å²) in [5.41, 5.74) is 0. The van der Waals surface area contributed by atoms with Gasteiger partial charge >= 0.3 is 0 Å². The Kier molecular flexibility index (Phi) is 5.21. The lowest BCUT2D eigenvalue weighted by atomic mass is 9.96. The molecule has 3 atom stereocenters. The molecule has 2 aromatic rings. The fourth-order valence-electron chi connectivity index (χ4n) is 3.62. The van der Waals surface area contributed by atoms with Gasteiger partial charge in [0.2, 0.25) is 0 Å². The zero-order valence-electron chi connectivity index (χ0n) is 15.3. The summed E-state index contributed by atoms with van der Waals surface area (Å²) >= 11 is 1.79. The van der Waals surface area contributed by atoms with Gasteiger partial charge in [-0.1, -0.05) is 6.07 Å². The summed E-state index contributed by atoms with van der Waals surface area (Å²) in [7, 11) is 1.97. The molecule has 8 heteroatoms. The molecule has 140 valence electrons. The molecule has 0 spiro atoms. The Morgan fingerprint density at radius 3 is 3.00 bits per heavy atom. The van der Waals surface area contributed by atoms with Crippen molar-refractivity contribution in [1.82, 2.24) is 25.4 Å². The van der Waals surface area contributed by atoms with Gasteiger partial charge < -0.3 is 19.9 Å². The van der Waals surface area contributed by atoms with Crippen molar-refractivity contribution in [3.63, 3.8) is 0 Å². The van der Waals surface area contributed by atoms with Crippen molar-refractivity contribution >= 4 is 17.3 Å². The van der Waals surface area contributed by atoms with E-state index in [2.05, 4.69) is 38.3 Å². The Bertz CT molecular complexity index is 756. The number of aryl methyl sites for hydroxylation is 1. The molecule has 0 amide bonds. The molecular formula is C18H26N6OS. The van der Waals surface area contributed by atoms with E-state index in [4.69, 9.17) is 9.73 Å². The Morgan fingerprint density at radius 2 is 2.35 bits per heavy atom. The fraction of sp³-hybridized carbons (Fsp3) is 0.611. The monoisotopic (exact) mass is 374 g/mol. The lowest BCUT2D eigenvalue weighted by Gasteiger charge is -2.23. The number of ether oxygens (including phenoxy) is 1. The highest BCUT2D eigenvalue weighted by Crippen LogP contribution is 2.34. The minimum Gasteiger partial charge on any atom is -0.373 e. The Balaban J connectivity index is 1.39. The van der Waals surface area contributed by atoms with Crippen molar-refractivity contribution in [1.29, 1.82) is 0 Å². The van der Waals surface area contributed by atoms with Crippen molar-refractivity contribution in [3.05, 3.63) is 34.0 Å². The van der Waals surface area contributed by atoms with E-state index in [0.717, 1.165) is 43.4 Å². The summed E-state index contributed by atoms with van der Waals surface area (Å²) in [6, 6.07) is 4.61. The fourth-order valence-corrected chi connectivity index (χ4v) is 4.32. The van der Waals surface area contributed by atoms with Crippen LogP contribution in [0.2, 0.25) is 0 Å². The van der Waals surface area contributed by atoms with E-state index < -0.39 is 0 Å². The van der Waals surface area contributed by atoms with Gasteiger partial charge in [0.1, 0.15) is 12.4 Å². The molecule has 4 rings (SSSR count). The average molecular weight is 375 g/mol. The summed E-state index contributed by atoms with van der Waals surface area (Å²) in [4.78, 5) is 6.13. The smallest absolute Gasteiger partial charge is 0.192 e. The second kappa shape index (κ2) is 7.75. The Labute approximate surface area is 157 Å². The summed E-state index contributed by atoms with van der Waals surface area (Å²) in [5.74, 6) is 2.60. The third-order valence-corrected chi connectivity index (χ3v) is 6.17. The molecule has 2 fully saturated rings. The number of aliphatic imine (C=N–C) groups is 1. The van der Waals surface area contributed by atoms with E-state index in [0.29, 0.717) is 24.8 Å². The number of fused-ring (bicyclic) bond motifs is 2. The van der Waals surface area contributed by atoms with Crippen LogP contribution in [0.25, 0.3) is 0 Å². The maximum Gasteiger partial charge on any atom is 0.192 e. The van der Waals surface area contributed by atoms with Gasteiger partial charge in [-0.25, -0.2) is 4.99 Å². The van der Waals surface area contributed by atoms with Crippen molar-refractivity contribution in [2.75, 3.05) is 6.54 Å². The standard InChI is InChI=1S/C18H26N6OS/c1-12-22-23-17(24(12)2)11-20-18(19-8-7-14-4-3-9-26-14)21-15-10-13-5-6-16(15)25-13/h3-4,9,13,15-16H,5-8,10-11H2,1-2H3,(H2,19,20,21). The molecule has 4 heterocycles. The molecule has 2 bridgehead atoms. The number of nitrogens with one attached hydrogen (secondary N) is 2. The topological polar surface area (TPSA) is 76.4 Å². The van der Waals surface area contributed by atoms with Crippen molar-refractivity contribution in [2.24, 2.45) is 12.0 Å².